The van der Waals surface area contributed by atoms with Gasteiger partial charge >= 0.3 is 0 Å². The molecular weight excluding hydrogens is 269 g/mol. The number of hydrogen-bond acceptors (Lipinski definition) is 4. The van der Waals surface area contributed by atoms with E-state index in [0.29, 0.717) is 33.4 Å². The van der Waals surface area contributed by atoms with Crippen molar-refractivity contribution in [3.8, 4) is 11.1 Å². The molecule has 3 aromatic rings. The first-order chi connectivity index (χ1) is 10.1. The molecule has 1 heterocycles. The van der Waals surface area contributed by atoms with E-state index in [1.165, 1.54) is 25.4 Å². The van der Waals surface area contributed by atoms with Crippen molar-refractivity contribution in [2.75, 3.05) is 5.73 Å². The van der Waals surface area contributed by atoms with Crippen LogP contribution in [0.3, 0.4) is 0 Å². The van der Waals surface area contributed by atoms with Crippen LogP contribution in [0.2, 0.25) is 0 Å². The zero-order chi connectivity index (χ0) is 15.0. The van der Waals surface area contributed by atoms with Gasteiger partial charge in [0, 0.05) is 10.9 Å². The van der Waals surface area contributed by atoms with Crippen LogP contribution in [0.25, 0.3) is 22.0 Å². The predicted molar refractivity (Wildman–Crippen MR) is 79.3 cm³/mol. The van der Waals surface area contributed by atoms with Crippen molar-refractivity contribution in [3.63, 3.8) is 0 Å². The topological polar surface area (TPSA) is 68.9 Å². The number of nitrogens with zero attached hydrogens (tertiary/aromatic N) is 2. The maximum Gasteiger partial charge on any atom is 0.162 e. The van der Waals surface area contributed by atoms with Gasteiger partial charge in [-0.2, -0.15) is 0 Å². The van der Waals surface area contributed by atoms with Gasteiger partial charge in [-0.15, -0.1) is 0 Å². The summed E-state index contributed by atoms with van der Waals surface area (Å²) in [6.45, 7) is 1.46. The molecule has 3 rings (SSSR count). The quantitative estimate of drug-likeness (QED) is 0.732. The lowest BCUT2D eigenvalue weighted by molar-refractivity contribution is 0.101. The van der Waals surface area contributed by atoms with E-state index in [9.17, 15) is 9.18 Å². The number of anilines is 1. The average Bonchev–Trinajstić information content (AvgIpc) is 2.46. The summed E-state index contributed by atoms with van der Waals surface area (Å²) in [6, 6.07) is 9.64. The summed E-state index contributed by atoms with van der Waals surface area (Å²) in [5.74, 6) is -0.175. The van der Waals surface area contributed by atoms with Crippen LogP contribution in [-0.4, -0.2) is 15.8 Å². The minimum atomic E-state index is -0.339. The fraction of sp³-hybridized carbons (Fsp3) is 0.0625. The molecule has 1 aromatic heterocycles. The number of ketones is 1. The Kier molecular flexibility index (Phi) is 3.10. The first-order valence-electron chi connectivity index (χ1n) is 6.37. The number of hydrogen-bond donors (Lipinski definition) is 1. The molecule has 4 nitrogen and oxygen atoms in total. The van der Waals surface area contributed by atoms with Crippen LogP contribution < -0.4 is 5.73 Å². The molecule has 0 saturated heterocycles. The molecule has 0 aliphatic rings. The standard InChI is InChI=1S/C16H12FN3O/c1-9(21)13-6-11(10-3-2-4-12(17)5-10)7-14-15(13)19-8-20-16(14)18/h2-8H,1H3,(H2,18,19,20). The molecule has 0 unspecified atom stereocenters. The molecule has 21 heavy (non-hydrogen) atoms. The van der Waals surface area contributed by atoms with Crippen molar-refractivity contribution in [1.82, 2.24) is 9.97 Å². The molecule has 0 fully saturated rings. The molecule has 0 aliphatic carbocycles. The molecule has 0 saturated carbocycles. The van der Waals surface area contributed by atoms with Crippen molar-refractivity contribution in [2.24, 2.45) is 0 Å². The Hall–Kier alpha value is -2.82. The highest BCUT2D eigenvalue weighted by Crippen LogP contribution is 2.29. The number of nitrogen functional groups attached to an aromatic ring is 1. The highest BCUT2D eigenvalue weighted by Gasteiger charge is 2.13. The molecule has 0 spiro atoms. The van der Waals surface area contributed by atoms with E-state index in [0.717, 1.165) is 0 Å². The molecule has 5 heteroatoms. The van der Waals surface area contributed by atoms with Crippen LogP contribution in [-0.2, 0) is 0 Å². The third-order valence-corrected chi connectivity index (χ3v) is 3.31. The monoisotopic (exact) mass is 281 g/mol. The normalized spacial score (nSPS) is 10.8. The second kappa shape index (κ2) is 4.94. The maximum atomic E-state index is 13.4. The minimum absolute atomic E-state index is 0.128. The third-order valence-electron chi connectivity index (χ3n) is 3.31. The Morgan fingerprint density at radius 1 is 1.14 bits per heavy atom. The lowest BCUT2D eigenvalue weighted by atomic mass is 9.98. The fourth-order valence-corrected chi connectivity index (χ4v) is 2.29. The van der Waals surface area contributed by atoms with Gasteiger partial charge in [0.05, 0.1) is 5.52 Å². The largest absolute Gasteiger partial charge is 0.383 e. The van der Waals surface area contributed by atoms with Crippen molar-refractivity contribution in [3.05, 3.63) is 54.1 Å². The SMILES string of the molecule is CC(=O)c1cc(-c2cccc(F)c2)cc2c(N)ncnc12. The average molecular weight is 281 g/mol. The lowest BCUT2D eigenvalue weighted by Crippen LogP contribution is -2.00. The minimum Gasteiger partial charge on any atom is -0.383 e. The van der Waals surface area contributed by atoms with Gasteiger partial charge in [-0.25, -0.2) is 14.4 Å². The first-order valence-corrected chi connectivity index (χ1v) is 6.37. The molecule has 0 amide bonds. The van der Waals surface area contributed by atoms with Gasteiger partial charge in [-0.3, -0.25) is 4.79 Å². The molecule has 0 atom stereocenters. The van der Waals surface area contributed by atoms with Gasteiger partial charge in [-0.05, 0) is 42.3 Å². The van der Waals surface area contributed by atoms with Gasteiger partial charge in [0.2, 0.25) is 0 Å². The number of aromatic nitrogens is 2. The van der Waals surface area contributed by atoms with E-state index in [4.69, 9.17) is 5.73 Å². The summed E-state index contributed by atoms with van der Waals surface area (Å²) in [6.07, 6.45) is 1.33. The summed E-state index contributed by atoms with van der Waals surface area (Å²) in [5.41, 5.74) is 8.19. The molecule has 0 radical (unpaired) electrons. The Morgan fingerprint density at radius 3 is 2.67 bits per heavy atom. The molecule has 0 aliphatic heterocycles. The van der Waals surface area contributed by atoms with E-state index in [1.54, 1.807) is 24.3 Å². The van der Waals surface area contributed by atoms with Crippen LogP contribution >= 0.6 is 0 Å². The maximum absolute atomic E-state index is 13.4. The van der Waals surface area contributed by atoms with Gasteiger partial charge in [0.15, 0.2) is 5.78 Å². The summed E-state index contributed by atoms with van der Waals surface area (Å²) >= 11 is 0. The van der Waals surface area contributed by atoms with E-state index in [-0.39, 0.29) is 11.6 Å². The number of Topliss-reactive ketones (excluding diaryl/α,β-unsaturated/α-hetero) is 1. The number of fused-ring (bicyclic) bond motifs is 1. The highest BCUT2D eigenvalue weighted by atomic mass is 19.1. The Balaban J connectivity index is 2.35. The number of carbonyl (C=O) groups is 1. The van der Waals surface area contributed by atoms with E-state index >= 15 is 0 Å². The van der Waals surface area contributed by atoms with Gasteiger partial charge in [-0.1, -0.05) is 12.1 Å². The summed E-state index contributed by atoms with van der Waals surface area (Å²) < 4.78 is 13.4. The third kappa shape index (κ3) is 2.33. The molecule has 104 valence electrons. The Bertz CT molecular complexity index is 861. The Labute approximate surface area is 120 Å². The van der Waals surface area contributed by atoms with Crippen LogP contribution in [0.5, 0.6) is 0 Å². The van der Waals surface area contributed by atoms with Crippen molar-refractivity contribution >= 4 is 22.5 Å². The van der Waals surface area contributed by atoms with Crippen LogP contribution in [0.4, 0.5) is 10.2 Å². The van der Waals surface area contributed by atoms with Crippen LogP contribution in [0.15, 0.2) is 42.7 Å². The van der Waals surface area contributed by atoms with Gasteiger partial charge in [0.25, 0.3) is 0 Å². The number of nitrogens with two attached hydrogens (primary N) is 1. The number of halogens is 1. The van der Waals surface area contributed by atoms with Crippen LogP contribution in [0.1, 0.15) is 17.3 Å². The number of carbonyl (C=O) groups excluding carboxylic acids is 1. The summed E-state index contributed by atoms with van der Waals surface area (Å²) in [7, 11) is 0. The zero-order valence-corrected chi connectivity index (χ0v) is 11.3. The van der Waals surface area contributed by atoms with E-state index in [2.05, 4.69) is 9.97 Å². The predicted octanol–water partition coefficient (Wildman–Crippen LogP) is 3.22. The van der Waals surface area contributed by atoms with Gasteiger partial charge in [0.1, 0.15) is 18.0 Å². The van der Waals surface area contributed by atoms with Crippen molar-refractivity contribution in [1.29, 1.82) is 0 Å². The first kappa shape index (κ1) is 13.2. The summed E-state index contributed by atoms with van der Waals surface area (Å²) in [5, 5.41) is 0.587. The number of benzene rings is 2. The van der Waals surface area contributed by atoms with Crippen molar-refractivity contribution < 1.29 is 9.18 Å². The smallest absolute Gasteiger partial charge is 0.162 e. The number of rotatable bonds is 2. The molecular formula is C16H12FN3O. The van der Waals surface area contributed by atoms with E-state index < -0.39 is 0 Å². The highest BCUT2D eigenvalue weighted by molar-refractivity contribution is 6.09. The van der Waals surface area contributed by atoms with Gasteiger partial charge < -0.3 is 5.73 Å². The summed E-state index contributed by atoms with van der Waals surface area (Å²) in [4.78, 5) is 19.9. The Morgan fingerprint density at radius 2 is 1.95 bits per heavy atom. The van der Waals surface area contributed by atoms with E-state index in [1.807, 2.05) is 0 Å². The van der Waals surface area contributed by atoms with Crippen LogP contribution in [0, 0.1) is 5.82 Å². The van der Waals surface area contributed by atoms with Crippen molar-refractivity contribution in [2.45, 2.75) is 6.92 Å². The molecule has 2 aromatic carbocycles. The zero-order valence-electron chi connectivity index (χ0n) is 11.3. The second-order valence-electron chi connectivity index (χ2n) is 4.75. The lowest BCUT2D eigenvalue weighted by Gasteiger charge is -2.09. The fourth-order valence-electron chi connectivity index (χ4n) is 2.29. The second-order valence-corrected chi connectivity index (χ2v) is 4.75. The molecule has 2 N–H and O–H groups in total. The molecule has 0 bridgehead atoms.